The molecule has 0 aliphatic heterocycles. The summed E-state index contributed by atoms with van der Waals surface area (Å²) < 4.78 is 4.68. The van der Waals surface area contributed by atoms with Crippen LogP contribution in [-0.2, 0) is 9.53 Å². The Hall–Kier alpha value is -0.530. The fourth-order valence-corrected chi connectivity index (χ4v) is 0.495. The van der Waals surface area contributed by atoms with Gasteiger partial charge in [0, 0.05) is 6.92 Å². The molecule has 1 radical (unpaired) electrons. The van der Waals surface area contributed by atoms with Crippen molar-refractivity contribution in [2.75, 3.05) is 6.61 Å². The maximum absolute atomic E-state index is 10.2. The van der Waals surface area contributed by atoms with E-state index in [1.165, 1.54) is 6.92 Å². The van der Waals surface area contributed by atoms with E-state index in [1.54, 1.807) is 0 Å². The Bertz CT molecular complexity index is 79.0. The molecule has 2 heteroatoms. The van der Waals surface area contributed by atoms with E-state index in [9.17, 15) is 4.79 Å². The molecule has 2 nitrogen and oxygen atoms in total. The molecule has 0 saturated heterocycles. The average Bonchev–Trinajstić information content (AvgIpc) is 1.80. The Kier molecular flexibility index (Phi) is 5.27. The molecule has 0 saturated carbocycles. The first-order chi connectivity index (χ1) is 4.27. The van der Waals surface area contributed by atoms with Crippen LogP contribution in [0.25, 0.3) is 0 Å². The van der Waals surface area contributed by atoms with E-state index in [4.69, 9.17) is 0 Å². The summed E-state index contributed by atoms with van der Waals surface area (Å²) in [4.78, 5) is 10.2. The minimum Gasteiger partial charge on any atom is -0.466 e. The van der Waals surface area contributed by atoms with Crippen molar-refractivity contribution >= 4 is 5.97 Å². The van der Waals surface area contributed by atoms with E-state index in [-0.39, 0.29) is 5.97 Å². The van der Waals surface area contributed by atoms with E-state index in [0.717, 1.165) is 19.3 Å². The first kappa shape index (κ1) is 8.47. The molecule has 0 aromatic heterocycles. The van der Waals surface area contributed by atoms with Gasteiger partial charge in [-0.25, -0.2) is 0 Å². The van der Waals surface area contributed by atoms with E-state index >= 15 is 0 Å². The highest BCUT2D eigenvalue weighted by Gasteiger charge is 1.89. The van der Waals surface area contributed by atoms with E-state index in [1.807, 2.05) is 0 Å². The van der Waals surface area contributed by atoms with Crippen LogP contribution < -0.4 is 0 Å². The third-order valence-electron chi connectivity index (χ3n) is 0.950. The van der Waals surface area contributed by atoms with Crippen molar-refractivity contribution < 1.29 is 9.53 Å². The predicted octanol–water partition coefficient (Wildman–Crippen LogP) is 1.55. The van der Waals surface area contributed by atoms with Crippen molar-refractivity contribution in [3.63, 3.8) is 0 Å². The number of unbranched alkanes of at least 4 members (excludes halogenated alkanes) is 2. The summed E-state index contributed by atoms with van der Waals surface area (Å²) in [6.07, 6.45) is 2.89. The second-order valence-corrected chi connectivity index (χ2v) is 1.90. The van der Waals surface area contributed by atoms with Gasteiger partial charge in [-0.15, -0.1) is 0 Å². The lowest BCUT2D eigenvalue weighted by Gasteiger charge is -1.98. The van der Waals surface area contributed by atoms with Gasteiger partial charge in [-0.05, 0) is 6.42 Å². The average molecular weight is 129 g/mol. The summed E-state index contributed by atoms with van der Waals surface area (Å²) in [6, 6.07) is 0. The Balaban J connectivity index is 2.83. The van der Waals surface area contributed by atoms with Gasteiger partial charge in [0.25, 0.3) is 0 Å². The molecule has 0 N–H and O–H groups in total. The molecule has 0 atom stereocenters. The third kappa shape index (κ3) is 7.47. The van der Waals surface area contributed by atoms with Crippen LogP contribution in [-0.4, -0.2) is 12.6 Å². The molecule has 0 spiro atoms. The third-order valence-corrected chi connectivity index (χ3v) is 0.950. The van der Waals surface area contributed by atoms with Crippen LogP contribution in [0.15, 0.2) is 0 Å². The molecule has 0 rings (SSSR count). The molecule has 9 heavy (non-hydrogen) atoms. The Labute approximate surface area is 56.2 Å². The normalized spacial score (nSPS) is 9.11. The molecule has 0 aromatic carbocycles. The first-order valence-corrected chi connectivity index (χ1v) is 3.20. The summed E-state index contributed by atoms with van der Waals surface area (Å²) in [5, 5.41) is 0. The van der Waals surface area contributed by atoms with Crippen molar-refractivity contribution in [3.05, 3.63) is 6.92 Å². The number of esters is 1. The molecule has 0 amide bonds. The van der Waals surface area contributed by atoms with Crippen LogP contribution in [0.2, 0.25) is 0 Å². The lowest BCUT2D eigenvalue weighted by molar-refractivity contribution is -0.141. The Morgan fingerprint density at radius 2 is 2.22 bits per heavy atom. The van der Waals surface area contributed by atoms with Crippen molar-refractivity contribution in [1.82, 2.24) is 0 Å². The lowest BCUT2D eigenvalue weighted by atomic mass is 10.3. The molecule has 0 aromatic rings. The lowest BCUT2D eigenvalue weighted by Crippen LogP contribution is -1.99. The van der Waals surface area contributed by atoms with Crippen LogP contribution in [0, 0.1) is 6.92 Å². The molecular weight excluding hydrogens is 116 g/mol. The SMILES string of the molecule is [CH2]CCCCOC(C)=O. The highest BCUT2D eigenvalue weighted by molar-refractivity contribution is 5.65. The number of carbonyl (C=O) groups excluding carboxylic acids is 1. The second-order valence-electron chi connectivity index (χ2n) is 1.90. The molecule has 0 aliphatic rings. The van der Waals surface area contributed by atoms with Gasteiger partial charge in [0.1, 0.15) is 0 Å². The van der Waals surface area contributed by atoms with Crippen LogP contribution in [0.1, 0.15) is 26.2 Å². The Morgan fingerprint density at radius 1 is 1.56 bits per heavy atom. The molecule has 0 heterocycles. The fraction of sp³-hybridized carbons (Fsp3) is 0.714. The highest BCUT2D eigenvalue weighted by Crippen LogP contribution is 1.93. The van der Waals surface area contributed by atoms with Gasteiger partial charge in [-0.2, -0.15) is 0 Å². The zero-order valence-corrected chi connectivity index (χ0v) is 5.85. The number of carbonyl (C=O) groups is 1. The zero-order valence-electron chi connectivity index (χ0n) is 5.85. The highest BCUT2D eigenvalue weighted by atomic mass is 16.5. The summed E-state index contributed by atoms with van der Waals surface area (Å²) in [6.45, 7) is 5.63. The fourth-order valence-electron chi connectivity index (χ4n) is 0.495. The summed E-state index contributed by atoms with van der Waals surface area (Å²) in [5.74, 6) is -0.195. The van der Waals surface area contributed by atoms with Crippen LogP contribution in [0.3, 0.4) is 0 Å². The quantitative estimate of drug-likeness (QED) is 0.425. The zero-order chi connectivity index (χ0) is 7.11. The molecule has 0 unspecified atom stereocenters. The van der Waals surface area contributed by atoms with Gasteiger partial charge < -0.3 is 4.74 Å². The van der Waals surface area contributed by atoms with Gasteiger partial charge >= 0.3 is 5.97 Å². The largest absolute Gasteiger partial charge is 0.466 e. The molecule has 0 bridgehead atoms. The number of ether oxygens (including phenoxy) is 1. The number of hydrogen-bond donors (Lipinski definition) is 0. The van der Waals surface area contributed by atoms with Crippen molar-refractivity contribution in [2.45, 2.75) is 26.2 Å². The standard InChI is InChI=1S/C7H13O2/c1-3-4-5-6-9-7(2)8/h1,3-6H2,2H3. The molecular formula is C7H13O2. The van der Waals surface area contributed by atoms with Crippen LogP contribution >= 0.6 is 0 Å². The van der Waals surface area contributed by atoms with Crippen LogP contribution in [0.5, 0.6) is 0 Å². The number of rotatable bonds is 4. The van der Waals surface area contributed by atoms with Gasteiger partial charge in [0.15, 0.2) is 0 Å². The van der Waals surface area contributed by atoms with Crippen molar-refractivity contribution in [3.8, 4) is 0 Å². The predicted molar refractivity (Wildman–Crippen MR) is 35.8 cm³/mol. The van der Waals surface area contributed by atoms with Crippen LogP contribution in [0.4, 0.5) is 0 Å². The van der Waals surface area contributed by atoms with Gasteiger partial charge in [-0.3, -0.25) is 4.79 Å². The van der Waals surface area contributed by atoms with Gasteiger partial charge in [0.2, 0.25) is 0 Å². The minimum absolute atomic E-state index is 0.195. The van der Waals surface area contributed by atoms with Crippen molar-refractivity contribution in [1.29, 1.82) is 0 Å². The molecule has 0 fully saturated rings. The minimum atomic E-state index is -0.195. The topological polar surface area (TPSA) is 26.3 Å². The first-order valence-electron chi connectivity index (χ1n) is 3.20. The smallest absolute Gasteiger partial charge is 0.302 e. The number of hydrogen-bond acceptors (Lipinski definition) is 2. The van der Waals surface area contributed by atoms with Crippen molar-refractivity contribution in [2.24, 2.45) is 0 Å². The van der Waals surface area contributed by atoms with Gasteiger partial charge in [-0.1, -0.05) is 19.8 Å². The maximum atomic E-state index is 10.2. The summed E-state index contributed by atoms with van der Waals surface area (Å²) in [7, 11) is 0. The van der Waals surface area contributed by atoms with Gasteiger partial charge in [0.05, 0.1) is 6.61 Å². The molecule has 0 aliphatic carbocycles. The summed E-state index contributed by atoms with van der Waals surface area (Å²) in [5.41, 5.74) is 0. The maximum Gasteiger partial charge on any atom is 0.302 e. The molecule has 53 valence electrons. The monoisotopic (exact) mass is 129 g/mol. The van der Waals surface area contributed by atoms with E-state index in [0.29, 0.717) is 6.61 Å². The second kappa shape index (κ2) is 5.60. The van der Waals surface area contributed by atoms with E-state index < -0.39 is 0 Å². The van der Waals surface area contributed by atoms with E-state index in [2.05, 4.69) is 11.7 Å². The summed E-state index contributed by atoms with van der Waals surface area (Å²) >= 11 is 0. The Morgan fingerprint density at radius 3 is 2.67 bits per heavy atom.